The highest BCUT2D eigenvalue weighted by molar-refractivity contribution is 6.12. The zero-order chi connectivity index (χ0) is 31.0. The fourth-order valence-electron chi connectivity index (χ4n) is 3.99. The van der Waals surface area contributed by atoms with Crippen molar-refractivity contribution in [2.45, 2.75) is 63.5 Å². The highest BCUT2D eigenvalue weighted by Crippen LogP contribution is 2.31. The summed E-state index contributed by atoms with van der Waals surface area (Å²) in [6.45, 7) is 1.06. The zero-order valence-electron chi connectivity index (χ0n) is 22.4. The molecular weight excluding hydrogens is 562 g/mol. The fraction of sp³-hybridized carbons (Fsp3) is 0.462. The molecule has 0 aliphatic carbocycles. The summed E-state index contributed by atoms with van der Waals surface area (Å²) in [4.78, 5) is 71.4. The number of aliphatic hydroxyl groups is 3. The first kappa shape index (κ1) is 32.1. The quantitative estimate of drug-likeness (QED) is 0.109. The van der Waals surface area contributed by atoms with Crippen molar-refractivity contribution in [3.05, 3.63) is 35.9 Å². The number of carbonyl (C=O) groups excluding carboxylic acids is 5. The Kier molecular flexibility index (Phi) is 11.1. The molecule has 5 atom stereocenters. The molecule has 6 N–H and O–H groups in total. The first-order valence-electron chi connectivity index (χ1n) is 12.8. The number of anilines is 1. The molecule has 1 aromatic rings. The van der Waals surface area contributed by atoms with Gasteiger partial charge in [0, 0.05) is 45.0 Å². The van der Waals surface area contributed by atoms with Crippen LogP contribution in [0.1, 0.15) is 31.7 Å². The fourth-order valence-corrected chi connectivity index (χ4v) is 3.99. The van der Waals surface area contributed by atoms with Crippen molar-refractivity contribution in [3.63, 3.8) is 0 Å². The number of carboxylic acids is 1. The van der Waals surface area contributed by atoms with E-state index in [4.69, 9.17) is 14.2 Å². The van der Waals surface area contributed by atoms with Gasteiger partial charge in [-0.15, -0.1) is 0 Å². The van der Waals surface area contributed by atoms with Crippen molar-refractivity contribution in [2.75, 3.05) is 18.4 Å². The van der Waals surface area contributed by atoms with Crippen LogP contribution < -0.4 is 15.4 Å². The number of hydrogen-bond acceptors (Lipinski definition) is 12. The third-order valence-corrected chi connectivity index (χ3v) is 6.18. The maximum atomic E-state index is 12.7. The van der Waals surface area contributed by atoms with E-state index < -0.39 is 66.3 Å². The number of aliphatic carboxylic acids is 1. The molecule has 0 aromatic heterocycles. The van der Waals surface area contributed by atoms with Crippen LogP contribution in [-0.2, 0) is 44.8 Å². The lowest BCUT2D eigenvalue weighted by Gasteiger charge is -2.38. The Morgan fingerprint density at radius 1 is 0.976 bits per heavy atom. The molecule has 0 bridgehead atoms. The largest absolute Gasteiger partial charge is 0.479 e. The molecule has 4 amide bonds. The van der Waals surface area contributed by atoms with Crippen LogP contribution in [0.3, 0.4) is 0 Å². The third kappa shape index (κ3) is 8.56. The van der Waals surface area contributed by atoms with Crippen LogP contribution in [0.25, 0.3) is 0 Å². The van der Waals surface area contributed by atoms with Gasteiger partial charge in [0.15, 0.2) is 6.10 Å². The van der Waals surface area contributed by atoms with Gasteiger partial charge in [-0.05, 0) is 24.1 Å². The number of esters is 1. The number of benzene rings is 1. The Morgan fingerprint density at radius 2 is 1.67 bits per heavy atom. The van der Waals surface area contributed by atoms with Gasteiger partial charge in [0.1, 0.15) is 30.7 Å². The van der Waals surface area contributed by atoms with E-state index in [0.29, 0.717) is 5.56 Å². The van der Waals surface area contributed by atoms with Gasteiger partial charge in [0.25, 0.3) is 11.8 Å². The molecule has 16 heteroatoms. The normalized spacial score (nSPS) is 23.4. The van der Waals surface area contributed by atoms with Gasteiger partial charge >= 0.3 is 11.9 Å². The number of aliphatic hydroxyl groups excluding tert-OH is 3. The number of nitrogens with zero attached hydrogens (tertiary/aromatic N) is 1. The summed E-state index contributed by atoms with van der Waals surface area (Å²) in [6, 6.07) is 4.17. The Morgan fingerprint density at radius 3 is 2.31 bits per heavy atom. The molecule has 16 nitrogen and oxygen atoms in total. The summed E-state index contributed by atoms with van der Waals surface area (Å²) >= 11 is 0. The summed E-state index contributed by atoms with van der Waals surface area (Å²) < 4.78 is 15.7. The molecule has 228 valence electrons. The second-order valence-corrected chi connectivity index (χ2v) is 9.38. The average Bonchev–Trinajstić information content (AvgIpc) is 3.25. The van der Waals surface area contributed by atoms with Crippen molar-refractivity contribution < 1.29 is 63.4 Å². The van der Waals surface area contributed by atoms with Crippen molar-refractivity contribution in [1.82, 2.24) is 10.2 Å². The predicted octanol–water partition coefficient (Wildman–Crippen LogP) is -1.83. The molecule has 1 saturated heterocycles. The molecule has 2 heterocycles. The Balaban J connectivity index is 1.59. The number of amides is 4. The zero-order valence-corrected chi connectivity index (χ0v) is 22.4. The number of rotatable bonds is 13. The van der Waals surface area contributed by atoms with Crippen LogP contribution in [0.5, 0.6) is 5.75 Å². The lowest BCUT2D eigenvalue weighted by molar-refractivity contribution is -0.271. The predicted molar refractivity (Wildman–Crippen MR) is 138 cm³/mol. The van der Waals surface area contributed by atoms with E-state index in [2.05, 4.69) is 10.6 Å². The Labute approximate surface area is 238 Å². The molecule has 0 saturated carbocycles. The molecule has 3 rings (SSSR count). The van der Waals surface area contributed by atoms with Crippen LogP contribution in [0.4, 0.5) is 5.69 Å². The summed E-state index contributed by atoms with van der Waals surface area (Å²) in [6.07, 6.45) is -7.01. The first-order valence-corrected chi connectivity index (χ1v) is 12.8. The van der Waals surface area contributed by atoms with E-state index in [0.717, 1.165) is 17.1 Å². The number of carbonyl (C=O) groups is 6. The molecule has 42 heavy (non-hydrogen) atoms. The van der Waals surface area contributed by atoms with Gasteiger partial charge < -0.3 is 45.3 Å². The summed E-state index contributed by atoms with van der Waals surface area (Å²) in [5, 5.41) is 44.6. The van der Waals surface area contributed by atoms with E-state index in [9.17, 15) is 49.2 Å². The molecule has 1 aromatic carbocycles. The van der Waals surface area contributed by atoms with Crippen molar-refractivity contribution in [1.29, 1.82) is 0 Å². The van der Waals surface area contributed by atoms with Gasteiger partial charge in [-0.3, -0.25) is 28.9 Å². The number of imide groups is 1. The number of carboxylic acid groups (broad SMARTS) is 1. The van der Waals surface area contributed by atoms with Crippen molar-refractivity contribution in [2.24, 2.45) is 0 Å². The minimum atomic E-state index is -1.93. The summed E-state index contributed by atoms with van der Waals surface area (Å²) in [5.41, 5.74) is 0.433. The third-order valence-electron chi connectivity index (χ3n) is 6.18. The number of hydrogen-bond donors (Lipinski definition) is 6. The van der Waals surface area contributed by atoms with Crippen LogP contribution in [-0.4, -0.2) is 105 Å². The SMILES string of the molecule is CC(=O)OCc1ccc(O[C@@H]2O[C@H](C(=O)O)[C@@H](O)[C@H](O)[C@H]2O)c(NC(=O)CCNC(=O)CCCN2C(=O)C=CC2=O)c1. The molecule has 0 spiro atoms. The van der Waals surface area contributed by atoms with E-state index in [1.807, 2.05) is 0 Å². The van der Waals surface area contributed by atoms with E-state index in [1.54, 1.807) is 0 Å². The first-order chi connectivity index (χ1) is 19.9. The maximum Gasteiger partial charge on any atom is 0.335 e. The molecule has 2 aliphatic heterocycles. The van der Waals surface area contributed by atoms with Gasteiger partial charge in [-0.1, -0.05) is 6.07 Å². The van der Waals surface area contributed by atoms with Crippen LogP contribution in [0.2, 0.25) is 0 Å². The van der Waals surface area contributed by atoms with E-state index >= 15 is 0 Å². The second-order valence-electron chi connectivity index (χ2n) is 9.38. The van der Waals surface area contributed by atoms with Gasteiger partial charge in [0.2, 0.25) is 18.1 Å². The minimum absolute atomic E-state index is 0.00724. The van der Waals surface area contributed by atoms with E-state index in [1.165, 1.54) is 25.1 Å². The van der Waals surface area contributed by atoms with Gasteiger partial charge in [-0.2, -0.15) is 0 Å². The summed E-state index contributed by atoms with van der Waals surface area (Å²) in [7, 11) is 0. The molecule has 2 aliphatic rings. The van der Waals surface area contributed by atoms with Gasteiger partial charge in [-0.25, -0.2) is 4.79 Å². The van der Waals surface area contributed by atoms with Crippen molar-refractivity contribution in [3.8, 4) is 5.75 Å². The Hall–Kier alpha value is -4.38. The highest BCUT2D eigenvalue weighted by atomic mass is 16.7. The highest BCUT2D eigenvalue weighted by Gasteiger charge is 2.48. The monoisotopic (exact) mass is 593 g/mol. The standard InChI is InChI=1S/C26H31N3O13/c1-13(30)40-12-14-4-5-16(41-26-23(37)21(35)22(36)24(42-26)25(38)39)15(11-14)28-18(32)8-9-27-17(31)3-2-10-29-19(33)6-7-20(29)34/h4-7,11,21-24,26,35-37H,2-3,8-10,12H2,1H3,(H,27,31)(H,28,32)(H,38,39)/t21-,22-,23+,24-,26+/m0/s1. The minimum Gasteiger partial charge on any atom is -0.479 e. The molecule has 0 unspecified atom stereocenters. The van der Waals surface area contributed by atoms with Crippen LogP contribution in [0, 0.1) is 0 Å². The smallest absolute Gasteiger partial charge is 0.335 e. The van der Waals surface area contributed by atoms with Crippen LogP contribution in [0.15, 0.2) is 30.4 Å². The average molecular weight is 594 g/mol. The maximum absolute atomic E-state index is 12.7. The molecular formula is C26H31N3O13. The van der Waals surface area contributed by atoms with Gasteiger partial charge in [0.05, 0.1) is 5.69 Å². The molecule has 1 fully saturated rings. The lowest BCUT2D eigenvalue weighted by atomic mass is 9.99. The topological polar surface area (TPSA) is 238 Å². The second kappa shape index (κ2) is 14.5. The number of ether oxygens (including phenoxy) is 3. The van der Waals surface area contributed by atoms with Crippen molar-refractivity contribution >= 4 is 41.3 Å². The van der Waals surface area contributed by atoms with Crippen LogP contribution >= 0.6 is 0 Å². The lowest BCUT2D eigenvalue weighted by Crippen LogP contribution is -2.61. The summed E-state index contributed by atoms with van der Waals surface area (Å²) in [5.74, 6) is -4.17. The number of nitrogens with one attached hydrogen (secondary N) is 2. The van der Waals surface area contributed by atoms with E-state index in [-0.39, 0.29) is 50.4 Å². The Bertz CT molecular complexity index is 1230. The molecule has 0 radical (unpaired) electrons.